The summed E-state index contributed by atoms with van der Waals surface area (Å²) in [6.45, 7) is 4.36. The number of hydrogen-bond donors (Lipinski definition) is 1. The average molecular weight is 391 g/mol. The maximum absolute atomic E-state index is 12.8. The lowest BCUT2D eigenvalue weighted by Gasteiger charge is -2.57. The van der Waals surface area contributed by atoms with Crippen LogP contribution in [-0.4, -0.2) is 40.7 Å². The Morgan fingerprint density at radius 1 is 1.33 bits per heavy atom. The first-order valence-electron chi connectivity index (χ1n) is 9.73. The predicted octanol–water partition coefficient (Wildman–Crippen LogP) is 3.37. The standard InChI is InChI=1S/C21H26N2O3.ClH/c1-3-20-10-6-11-22-12-9-15-14-7-4-5-8-16(14)23(17(15)18(20)22)21(25,13-20)19(24)26-2;/h4-5,7-8,18,25H,3,6,9-13H2,1-2H3;1H. The zero-order valence-corrected chi connectivity index (χ0v) is 16.7. The number of benzene rings is 1. The van der Waals surface area contributed by atoms with Gasteiger partial charge in [0.15, 0.2) is 0 Å². The summed E-state index contributed by atoms with van der Waals surface area (Å²) in [6, 6.07) is 8.45. The minimum Gasteiger partial charge on any atom is -0.465 e. The SMILES string of the molecule is CCC12CCCN3CCc4c(n(c5ccccc45)C(O)(C(=O)OC)C1)C32.Cl. The lowest BCUT2D eigenvalue weighted by atomic mass is 9.62. The molecule has 1 N–H and O–H groups in total. The number of carbonyl (C=O) groups excluding carboxylic acids is 1. The summed E-state index contributed by atoms with van der Waals surface area (Å²) in [6.07, 6.45) is 4.52. The molecule has 3 aliphatic rings. The number of esters is 1. The molecule has 1 aromatic carbocycles. The fraction of sp³-hybridized carbons (Fsp3) is 0.571. The lowest BCUT2D eigenvalue weighted by molar-refractivity contribution is -0.194. The molecule has 27 heavy (non-hydrogen) atoms. The Morgan fingerprint density at radius 2 is 2.11 bits per heavy atom. The molecule has 5 rings (SSSR count). The van der Waals surface area contributed by atoms with Gasteiger partial charge in [0, 0.05) is 24.0 Å². The first-order valence-corrected chi connectivity index (χ1v) is 9.73. The van der Waals surface area contributed by atoms with Crippen molar-refractivity contribution in [3.63, 3.8) is 0 Å². The van der Waals surface area contributed by atoms with Gasteiger partial charge in [-0.1, -0.05) is 25.1 Å². The van der Waals surface area contributed by atoms with Gasteiger partial charge in [0.2, 0.25) is 5.72 Å². The van der Waals surface area contributed by atoms with Crippen LogP contribution < -0.4 is 0 Å². The van der Waals surface area contributed by atoms with Gasteiger partial charge >= 0.3 is 5.97 Å². The second-order valence-corrected chi connectivity index (χ2v) is 8.21. The van der Waals surface area contributed by atoms with Gasteiger partial charge in [-0.2, -0.15) is 0 Å². The van der Waals surface area contributed by atoms with Gasteiger partial charge in [-0.15, -0.1) is 12.4 Å². The fourth-order valence-electron chi connectivity index (χ4n) is 6.10. The molecule has 146 valence electrons. The molecule has 1 fully saturated rings. The molecule has 4 heterocycles. The van der Waals surface area contributed by atoms with Crippen molar-refractivity contribution >= 4 is 29.3 Å². The summed E-state index contributed by atoms with van der Waals surface area (Å²) in [7, 11) is 1.37. The molecule has 0 saturated carbocycles. The Bertz CT molecular complexity index is 910. The van der Waals surface area contributed by atoms with E-state index in [1.165, 1.54) is 18.1 Å². The number of nitrogens with zero attached hydrogens (tertiary/aromatic N) is 2. The first-order chi connectivity index (χ1) is 12.6. The molecule has 0 bridgehead atoms. The van der Waals surface area contributed by atoms with Crippen LogP contribution in [0.25, 0.3) is 10.9 Å². The number of halogens is 1. The molecule has 0 aliphatic carbocycles. The van der Waals surface area contributed by atoms with Crippen LogP contribution in [0.4, 0.5) is 0 Å². The Balaban J connectivity index is 0.00000180. The Kier molecular flexibility index (Phi) is 4.33. The summed E-state index contributed by atoms with van der Waals surface area (Å²) in [5, 5.41) is 12.9. The van der Waals surface area contributed by atoms with Crippen LogP contribution >= 0.6 is 12.4 Å². The maximum atomic E-state index is 12.8. The van der Waals surface area contributed by atoms with Crippen LogP contribution in [-0.2, 0) is 21.7 Å². The highest BCUT2D eigenvalue weighted by atomic mass is 35.5. The van der Waals surface area contributed by atoms with Crippen molar-refractivity contribution in [3.05, 3.63) is 35.5 Å². The van der Waals surface area contributed by atoms with E-state index < -0.39 is 11.7 Å². The number of aromatic nitrogens is 1. The molecular formula is C21H27ClN2O3. The van der Waals surface area contributed by atoms with Gasteiger partial charge in [-0.05, 0) is 49.3 Å². The monoisotopic (exact) mass is 390 g/mol. The minimum atomic E-state index is -1.63. The predicted molar refractivity (Wildman–Crippen MR) is 106 cm³/mol. The molecular weight excluding hydrogens is 364 g/mol. The number of fused-ring (bicyclic) bond motifs is 3. The van der Waals surface area contributed by atoms with Gasteiger partial charge in [-0.25, -0.2) is 4.79 Å². The fourth-order valence-corrected chi connectivity index (χ4v) is 6.10. The van der Waals surface area contributed by atoms with Crippen molar-refractivity contribution in [3.8, 4) is 0 Å². The summed E-state index contributed by atoms with van der Waals surface area (Å²) in [5.74, 6) is -0.546. The van der Waals surface area contributed by atoms with Gasteiger partial charge < -0.3 is 14.4 Å². The Hall–Kier alpha value is -1.56. The van der Waals surface area contributed by atoms with Crippen molar-refractivity contribution < 1.29 is 14.6 Å². The van der Waals surface area contributed by atoms with Gasteiger partial charge in [0.25, 0.3) is 0 Å². The van der Waals surface area contributed by atoms with Crippen molar-refractivity contribution in [1.29, 1.82) is 0 Å². The quantitative estimate of drug-likeness (QED) is 0.799. The number of carbonyl (C=O) groups is 1. The van der Waals surface area contributed by atoms with Crippen molar-refractivity contribution in [2.75, 3.05) is 20.2 Å². The van der Waals surface area contributed by atoms with E-state index in [0.29, 0.717) is 6.42 Å². The van der Waals surface area contributed by atoms with E-state index in [1.54, 1.807) is 0 Å². The summed E-state index contributed by atoms with van der Waals surface area (Å²) < 4.78 is 7.01. The number of para-hydroxylation sites is 1. The highest BCUT2D eigenvalue weighted by molar-refractivity contribution is 5.90. The molecule has 3 unspecified atom stereocenters. The van der Waals surface area contributed by atoms with Crippen molar-refractivity contribution in [2.24, 2.45) is 5.41 Å². The molecule has 3 aliphatic heterocycles. The van der Waals surface area contributed by atoms with Gasteiger partial charge in [-0.3, -0.25) is 4.90 Å². The van der Waals surface area contributed by atoms with Crippen LogP contribution in [0.2, 0.25) is 0 Å². The molecule has 5 nitrogen and oxygen atoms in total. The second-order valence-electron chi connectivity index (χ2n) is 8.21. The molecule has 0 spiro atoms. The van der Waals surface area contributed by atoms with Crippen LogP contribution in [0.5, 0.6) is 0 Å². The summed E-state index contributed by atoms with van der Waals surface area (Å²) in [5.41, 5.74) is 1.69. The van der Waals surface area contributed by atoms with Crippen LogP contribution in [0.15, 0.2) is 24.3 Å². The lowest BCUT2D eigenvalue weighted by Crippen LogP contribution is -2.60. The van der Waals surface area contributed by atoms with Crippen molar-refractivity contribution in [1.82, 2.24) is 9.47 Å². The smallest absolute Gasteiger partial charge is 0.359 e. The van der Waals surface area contributed by atoms with E-state index >= 15 is 0 Å². The number of methoxy groups -OCH3 is 1. The van der Waals surface area contributed by atoms with Crippen LogP contribution in [0.1, 0.15) is 49.9 Å². The number of rotatable bonds is 2. The van der Waals surface area contributed by atoms with E-state index in [9.17, 15) is 9.90 Å². The minimum absolute atomic E-state index is 0. The Morgan fingerprint density at radius 3 is 2.85 bits per heavy atom. The maximum Gasteiger partial charge on any atom is 0.359 e. The number of hydrogen-bond acceptors (Lipinski definition) is 4. The molecule has 0 amide bonds. The second kappa shape index (κ2) is 6.23. The normalized spacial score (nSPS) is 31.9. The third-order valence-corrected chi connectivity index (χ3v) is 7.18. The summed E-state index contributed by atoms with van der Waals surface area (Å²) >= 11 is 0. The largest absolute Gasteiger partial charge is 0.465 e. The zero-order valence-electron chi connectivity index (χ0n) is 15.9. The van der Waals surface area contributed by atoms with Gasteiger partial charge in [0.1, 0.15) is 0 Å². The molecule has 1 saturated heterocycles. The van der Waals surface area contributed by atoms with Crippen LogP contribution in [0, 0.1) is 5.41 Å². The number of piperidine rings is 1. The third-order valence-electron chi connectivity index (χ3n) is 7.18. The third kappa shape index (κ3) is 2.22. The zero-order chi connectivity index (χ0) is 18.1. The summed E-state index contributed by atoms with van der Waals surface area (Å²) in [4.78, 5) is 15.4. The number of aliphatic hydroxyl groups is 1. The van der Waals surface area contributed by atoms with E-state index in [4.69, 9.17) is 4.74 Å². The molecule has 6 heteroatoms. The highest BCUT2D eigenvalue weighted by Crippen LogP contribution is 2.60. The molecule has 2 aromatic rings. The molecule has 1 aromatic heterocycles. The highest BCUT2D eigenvalue weighted by Gasteiger charge is 2.60. The first kappa shape index (κ1) is 18.8. The van der Waals surface area contributed by atoms with E-state index in [2.05, 4.69) is 17.9 Å². The molecule has 3 atom stereocenters. The Labute approximate surface area is 165 Å². The van der Waals surface area contributed by atoms with E-state index in [0.717, 1.165) is 50.0 Å². The van der Waals surface area contributed by atoms with Gasteiger partial charge in [0.05, 0.1) is 18.7 Å². The van der Waals surface area contributed by atoms with Crippen LogP contribution in [0.3, 0.4) is 0 Å². The van der Waals surface area contributed by atoms with Crippen molar-refractivity contribution in [2.45, 2.75) is 50.8 Å². The van der Waals surface area contributed by atoms with E-state index in [-0.39, 0.29) is 23.9 Å². The number of ether oxygens (including phenoxy) is 1. The van der Waals surface area contributed by atoms with E-state index in [1.807, 2.05) is 22.8 Å². The molecule has 0 radical (unpaired) electrons. The topological polar surface area (TPSA) is 54.7 Å². The average Bonchev–Trinajstić information content (AvgIpc) is 3.02.